The summed E-state index contributed by atoms with van der Waals surface area (Å²) >= 11 is 5.97. The van der Waals surface area contributed by atoms with Gasteiger partial charge in [0.1, 0.15) is 0 Å². The van der Waals surface area contributed by atoms with Gasteiger partial charge < -0.3 is 0 Å². The Morgan fingerprint density at radius 1 is 1.46 bits per heavy atom. The minimum Gasteiger partial charge on any atom is -0.298 e. The molecule has 1 aliphatic rings. The summed E-state index contributed by atoms with van der Waals surface area (Å²) in [6, 6.07) is 0.362. The molecule has 0 aromatic carbocycles. The number of likely N-dealkylation sites (tertiary alicyclic amines) is 1. The molecule has 3 nitrogen and oxygen atoms in total. The van der Waals surface area contributed by atoms with Gasteiger partial charge in [0.05, 0.1) is 11.7 Å². The van der Waals surface area contributed by atoms with Crippen molar-refractivity contribution in [1.82, 2.24) is 14.9 Å². The molecule has 0 aliphatic carbocycles. The van der Waals surface area contributed by atoms with Crippen molar-refractivity contribution in [2.75, 3.05) is 13.6 Å². The van der Waals surface area contributed by atoms with Crippen LogP contribution in [-0.4, -0.2) is 28.5 Å². The standard InChI is InChI=1S/C9H12ClN3/c1-13-6-2-3-7(13)8-9(10)12-5-4-11-8/h4-5,7H,2-3,6H2,1H3/t7-/m0/s1. The van der Waals surface area contributed by atoms with Gasteiger partial charge in [-0.1, -0.05) is 11.6 Å². The van der Waals surface area contributed by atoms with E-state index in [4.69, 9.17) is 11.6 Å². The highest BCUT2D eigenvalue weighted by atomic mass is 35.5. The number of hydrogen-bond acceptors (Lipinski definition) is 3. The molecule has 1 aliphatic heterocycles. The van der Waals surface area contributed by atoms with E-state index in [1.807, 2.05) is 0 Å². The molecule has 1 aromatic rings. The van der Waals surface area contributed by atoms with Crippen molar-refractivity contribution in [2.45, 2.75) is 18.9 Å². The first-order chi connectivity index (χ1) is 6.29. The topological polar surface area (TPSA) is 29.0 Å². The summed E-state index contributed by atoms with van der Waals surface area (Å²) in [6.45, 7) is 1.12. The number of rotatable bonds is 1. The summed E-state index contributed by atoms with van der Waals surface area (Å²) in [7, 11) is 2.10. The summed E-state index contributed by atoms with van der Waals surface area (Å²) in [5.41, 5.74) is 0.921. The fourth-order valence-corrected chi connectivity index (χ4v) is 2.04. The van der Waals surface area contributed by atoms with Gasteiger partial charge in [-0.3, -0.25) is 9.88 Å². The van der Waals surface area contributed by atoms with E-state index in [9.17, 15) is 0 Å². The second-order valence-electron chi connectivity index (χ2n) is 3.37. The SMILES string of the molecule is CN1CCC[C@H]1c1nccnc1Cl. The Hall–Kier alpha value is -0.670. The Morgan fingerprint density at radius 3 is 2.85 bits per heavy atom. The predicted molar refractivity (Wildman–Crippen MR) is 51.6 cm³/mol. The Morgan fingerprint density at radius 2 is 2.23 bits per heavy atom. The highest BCUT2D eigenvalue weighted by Crippen LogP contribution is 2.31. The van der Waals surface area contributed by atoms with E-state index in [0.717, 1.165) is 18.7 Å². The van der Waals surface area contributed by atoms with Crippen molar-refractivity contribution in [3.8, 4) is 0 Å². The van der Waals surface area contributed by atoms with Gasteiger partial charge in [0, 0.05) is 12.4 Å². The molecule has 0 unspecified atom stereocenters. The Labute approximate surface area is 82.8 Å². The lowest BCUT2D eigenvalue weighted by Crippen LogP contribution is -2.19. The zero-order chi connectivity index (χ0) is 9.26. The molecular weight excluding hydrogens is 186 g/mol. The lowest BCUT2D eigenvalue weighted by molar-refractivity contribution is 0.311. The second kappa shape index (κ2) is 3.60. The first-order valence-corrected chi connectivity index (χ1v) is 4.83. The van der Waals surface area contributed by atoms with Gasteiger partial charge in [0.2, 0.25) is 0 Å². The number of nitrogens with zero attached hydrogens (tertiary/aromatic N) is 3. The van der Waals surface area contributed by atoms with Crippen LogP contribution in [0.15, 0.2) is 12.4 Å². The van der Waals surface area contributed by atoms with E-state index in [0.29, 0.717) is 11.2 Å². The van der Waals surface area contributed by atoms with Gasteiger partial charge in [-0.25, -0.2) is 4.98 Å². The van der Waals surface area contributed by atoms with Gasteiger partial charge in [0.15, 0.2) is 5.15 Å². The Kier molecular flexibility index (Phi) is 2.47. The van der Waals surface area contributed by atoms with Crippen LogP contribution in [0.5, 0.6) is 0 Å². The van der Waals surface area contributed by atoms with Crippen LogP contribution >= 0.6 is 11.6 Å². The van der Waals surface area contributed by atoms with Gasteiger partial charge in [-0.05, 0) is 26.4 Å². The Balaban J connectivity index is 2.29. The molecule has 0 N–H and O–H groups in total. The maximum atomic E-state index is 5.97. The maximum absolute atomic E-state index is 5.97. The third kappa shape index (κ3) is 1.67. The van der Waals surface area contributed by atoms with Crippen molar-refractivity contribution in [2.24, 2.45) is 0 Å². The number of hydrogen-bond donors (Lipinski definition) is 0. The summed E-state index contributed by atoms with van der Waals surface area (Å²) in [5.74, 6) is 0. The molecule has 0 spiro atoms. The summed E-state index contributed by atoms with van der Waals surface area (Å²) in [6.07, 6.45) is 5.68. The van der Waals surface area contributed by atoms with E-state index in [-0.39, 0.29) is 0 Å². The highest BCUT2D eigenvalue weighted by Gasteiger charge is 2.25. The van der Waals surface area contributed by atoms with Gasteiger partial charge >= 0.3 is 0 Å². The molecule has 0 amide bonds. The minimum absolute atomic E-state index is 0.362. The molecule has 1 saturated heterocycles. The quantitative estimate of drug-likeness (QED) is 0.689. The van der Waals surface area contributed by atoms with E-state index in [1.165, 1.54) is 6.42 Å². The molecule has 2 heterocycles. The monoisotopic (exact) mass is 197 g/mol. The van der Waals surface area contributed by atoms with Crippen molar-refractivity contribution in [3.05, 3.63) is 23.2 Å². The van der Waals surface area contributed by atoms with Crippen LogP contribution in [0.25, 0.3) is 0 Å². The van der Waals surface area contributed by atoms with E-state index in [1.54, 1.807) is 12.4 Å². The van der Waals surface area contributed by atoms with Crippen LogP contribution in [0.4, 0.5) is 0 Å². The van der Waals surface area contributed by atoms with Crippen LogP contribution in [0.2, 0.25) is 5.15 Å². The molecule has 1 fully saturated rings. The predicted octanol–water partition coefficient (Wildman–Crippen LogP) is 1.90. The number of halogens is 1. The average Bonchev–Trinajstić information content (AvgIpc) is 2.52. The molecule has 4 heteroatoms. The van der Waals surface area contributed by atoms with Crippen LogP contribution in [0, 0.1) is 0 Å². The van der Waals surface area contributed by atoms with Crippen LogP contribution in [0.1, 0.15) is 24.6 Å². The smallest absolute Gasteiger partial charge is 0.152 e. The lowest BCUT2D eigenvalue weighted by Gasteiger charge is -2.18. The summed E-state index contributed by atoms with van der Waals surface area (Å²) in [5, 5.41) is 0.543. The molecule has 70 valence electrons. The fraction of sp³-hybridized carbons (Fsp3) is 0.556. The molecular formula is C9H12ClN3. The van der Waals surface area contributed by atoms with Crippen LogP contribution < -0.4 is 0 Å². The van der Waals surface area contributed by atoms with E-state index in [2.05, 4.69) is 21.9 Å². The van der Waals surface area contributed by atoms with Crippen molar-refractivity contribution >= 4 is 11.6 Å². The molecule has 0 bridgehead atoms. The Bertz CT molecular complexity index is 303. The first-order valence-electron chi connectivity index (χ1n) is 4.45. The maximum Gasteiger partial charge on any atom is 0.152 e. The van der Waals surface area contributed by atoms with Gasteiger partial charge in [0.25, 0.3) is 0 Å². The molecule has 0 saturated carbocycles. The van der Waals surface area contributed by atoms with E-state index >= 15 is 0 Å². The third-order valence-electron chi connectivity index (χ3n) is 2.52. The molecule has 0 radical (unpaired) electrons. The summed E-state index contributed by atoms with van der Waals surface area (Å²) < 4.78 is 0. The average molecular weight is 198 g/mol. The zero-order valence-electron chi connectivity index (χ0n) is 7.57. The molecule has 1 atom stereocenters. The van der Waals surface area contributed by atoms with E-state index < -0.39 is 0 Å². The highest BCUT2D eigenvalue weighted by molar-refractivity contribution is 6.30. The van der Waals surface area contributed by atoms with Gasteiger partial charge in [-0.2, -0.15) is 0 Å². The second-order valence-corrected chi connectivity index (χ2v) is 3.73. The van der Waals surface area contributed by atoms with Crippen molar-refractivity contribution in [3.63, 3.8) is 0 Å². The van der Waals surface area contributed by atoms with Crippen LogP contribution in [-0.2, 0) is 0 Å². The molecule has 13 heavy (non-hydrogen) atoms. The van der Waals surface area contributed by atoms with Gasteiger partial charge in [-0.15, -0.1) is 0 Å². The normalized spacial score (nSPS) is 23.7. The third-order valence-corrected chi connectivity index (χ3v) is 2.81. The largest absolute Gasteiger partial charge is 0.298 e. The van der Waals surface area contributed by atoms with Crippen LogP contribution in [0.3, 0.4) is 0 Å². The first kappa shape index (κ1) is 8.91. The molecule has 2 rings (SSSR count). The number of aromatic nitrogens is 2. The zero-order valence-corrected chi connectivity index (χ0v) is 8.33. The fourth-order valence-electron chi connectivity index (χ4n) is 1.81. The van der Waals surface area contributed by atoms with Crippen molar-refractivity contribution in [1.29, 1.82) is 0 Å². The minimum atomic E-state index is 0.362. The summed E-state index contributed by atoms with van der Waals surface area (Å²) in [4.78, 5) is 10.6. The van der Waals surface area contributed by atoms with Crippen molar-refractivity contribution < 1.29 is 0 Å². The lowest BCUT2D eigenvalue weighted by atomic mass is 10.1. The molecule has 1 aromatic heterocycles.